The van der Waals surface area contributed by atoms with E-state index in [2.05, 4.69) is 25.8 Å². The van der Waals surface area contributed by atoms with Gasteiger partial charge in [-0.05, 0) is 61.2 Å². The minimum atomic E-state index is -0.889. The third kappa shape index (κ3) is 3.50. The van der Waals surface area contributed by atoms with Gasteiger partial charge < -0.3 is 15.2 Å². The first-order chi connectivity index (χ1) is 14.1. The molecule has 0 amide bonds. The van der Waals surface area contributed by atoms with Crippen LogP contribution in [0.2, 0.25) is 0 Å². The molecule has 4 aliphatic carbocycles. The number of hydrogen-bond acceptors (Lipinski definition) is 5. The van der Waals surface area contributed by atoms with Crippen molar-refractivity contribution >= 4 is 17.8 Å². The number of ether oxygens (including phenoxy) is 2. The van der Waals surface area contributed by atoms with Crippen molar-refractivity contribution in [3.63, 3.8) is 0 Å². The summed E-state index contributed by atoms with van der Waals surface area (Å²) in [5, 5.41) is 0. The molecule has 164 valence electrons. The largest absolute Gasteiger partial charge is 0.456 e. The summed E-state index contributed by atoms with van der Waals surface area (Å²) in [6.07, 6.45) is 14.3. The molecule has 4 unspecified atom stereocenters. The molecule has 0 heterocycles. The van der Waals surface area contributed by atoms with Crippen LogP contribution >= 0.6 is 0 Å². The van der Waals surface area contributed by atoms with Crippen molar-refractivity contribution in [2.75, 3.05) is 6.61 Å². The maximum atomic E-state index is 12.9. The number of hydrogen-bond donors (Lipinski definition) is 1. The Morgan fingerprint density at radius 1 is 1.13 bits per heavy atom. The van der Waals surface area contributed by atoms with E-state index in [4.69, 9.17) is 21.6 Å². The third-order valence-electron chi connectivity index (χ3n) is 8.31. The van der Waals surface area contributed by atoms with E-state index in [0.29, 0.717) is 23.2 Å². The topological polar surface area (TPSA) is 91.0 Å². The van der Waals surface area contributed by atoms with E-state index in [1.165, 1.54) is 25.7 Å². The molecule has 0 aromatic heterocycles. The predicted molar refractivity (Wildman–Crippen MR) is 113 cm³/mol. The van der Waals surface area contributed by atoms with Crippen molar-refractivity contribution in [1.82, 2.24) is 0 Å². The van der Waals surface area contributed by atoms with Crippen LogP contribution in [0, 0.1) is 47.0 Å². The Bertz CT molecular complexity index is 805. The van der Waals surface area contributed by atoms with Crippen LogP contribution in [0.5, 0.6) is 0 Å². The van der Waals surface area contributed by atoms with Crippen LogP contribution in [0.1, 0.15) is 72.1 Å². The lowest BCUT2D eigenvalue weighted by molar-refractivity contribution is -0.187. The van der Waals surface area contributed by atoms with Gasteiger partial charge in [-0.15, -0.1) is 0 Å². The van der Waals surface area contributed by atoms with Gasteiger partial charge in [0, 0.05) is 17.9 Å². The number of aliphatic imine (C=N–C) groups is 1. The molecule has 30 heavy (non-hydrogen) atoms. The smallest absolute Gasteiger partial charge is 0.375 e. The number of carbonyl (C=O) groups is 2. The predicted octanol–water partition coefficient (Wildman–Crippen LogP) is 3.43. The fraction of sp³-hybridized carbons (Fsp3) is 0.792. The molecular formula is C24H34N2O4. The lowest BCUT2D eigenvalue weighted by atomic mass is 9.62. The minimum absolute atomic E-state index is 0.278. The van der Waals surface area contributed by atoms with Crippen molar-refractivity contribution in [3.8, 4) is 12.5 Å². The summed E-state index contributed by atoms with van der Waals surface area (Å²) >= 11 is 0. The summed E-state index contributed by atoms with van der Waals surface area (Å²) in [7, 11) is 0. The van der Waals surface area contributed by atoms with E-state index >= 15 is 0 Å². The molecule has 2 N–H and O–H groups in total. The van der Waals surface area contributed by atoms with E-state index in [1.807, 2.05) is 6.04 Å². The van der Waals surface area contributed by atoms with Gasteiger partial charge in [-0.25, -0.2) is 9.59 Å². The molecule has 6 nitrogen and oxygen atoms in total. The van der Waals surface area contributed by atoms with Gasteiger partial charge in [0.15, 0.2) is 6.61 Å². The molecule has 0 radical (unpaired) electrons. The molecule has 6 heteroatoms. The van der Waals surface area contributed by atoms with Gasteiger partial charge in [-0.2, -0.15) is 4.99 Å². The van der Waals surface area contributed by atoms with Crippen molar-refractivity contribution in [1.29, 1.82) is 0 Å². The average Bonchev–Trinajstić information content (AvgIpc) is 3.30. The lowest BCUT2D eigenvalue weighted by Crippen LogP contribution is -2.51. The Morgan fingerprint density at radius 2 is 1.83 bits per heavy atom. The summed E-state index contributed by atoms with van der Waals surface area (Å²) in [6.45, 7) is 6.56. The second kappa shape index (κ2) is 7.28. The van der Waals surface area contributed by atoms with E-state index in [-0.39, 0.29) is 5.41 Å². The summed E-state index contributed by atoms with van der Waals surface area (Å²) in [6, 6.07) is 1.94. The quantitative estimate of drug-likeness (QED) is 0.329. The fourth-order valence-corrected chi connectivity index (χ4v) is 7.44. The van der Waals surface area contributed by atoms with Crippen LogP contribution in [0.25, 0.3) is 0 Å². The van der Waals surface area contributed by atoms with Gasteiger partial charge in [0.1, 0.15) is 5.60 Å². The van der Waals surface area contributed by atoms with Crippen LogP contribution < -0.4 is 5.73 Å². The van der Waals surface area contributed by atoms with Crippen LogP contribution in [0.3, 0.4) is 0 Å². The van der Waals surface area contributed by atoms with Crippen molar-refractivity contribution in [3.05, 3.63) is 0 Å². The van der Waals surface area contributed by atoms with Gasteiger partial charge in [-0.3, -0.25) is 0 Å². The molecule has 0 aliphatic heterocycles. The minimum Gasteiger partial charge on any atom is -0.456 e. The molecule has 4 aliphatic rings. The Hall–Kier alpha value is -2.03. The number of esters is 2. The summed E-state index contributed by atoms with van der Waals surface area (Å²) in [5.41, 5.74) is 5.66. The first-order valence-corrected chi connectivity index (χ1v) is 11.3. The zero-order valence-corrected chi connectivity index (χ0v) is 18.4. The molecule has 0 saturated heterocycles. The first-order valence-electron chi connectivity index (χ1n) is 11.3. The second-order valence-electron chi connectivity index (χ2n) is 11.1. The first kappa shape index (κ1) is 21.2. The molecule has 4 saturated carbocycles. The van der Waals surface area contributed by atoms with Crippen LogP contribution in [-0.2, 0) is 19.1 Å². The Kier molecular flexibility index (Phi) is 5.15. The molecule has 0 aromatic carbocycles. The van der Waals surface area contributed by atoms with Crippen LogP contribution in [0.15, 0.2) is 4.99 Å². The van der Waals surface area contributed by atoms with Gasteiger partial charge in [0.05, 0.1) is 0 Å². The van der Waals surface area contributed by atoms with Gasteiger partial charge in [0.25, 0.3) is 0 Å². The van der Waals surface area contributed by atoms with E-state index in [0.717, 1.165) is 31.6 Å². The summed E-state index contributed by atoms with van der Waals surface area (Å²) < 4.78 is 11.4. The second-order valence-corrected chi connectivity index (χ2v) is 11.1. The highest BCUT2D eigenvalue weighted by atomic mass is 16.6. The molecule has 2 bridgehead atoms. The number of carbonyl (C=O) groups excluding carboxylic acids is 2. The summed E-state index contributed by atoms with van der Waals surface area (Å²) in [4.78, 5) is 28.1. The van der Waals surface area contributed by atoms with Gasteiger partial charge in [0.2, 0.25) is 5.84 Å². The van der Waals surface area contributed by atoms with Gasteiger partial charge in [-0.1, -0.05) is 40.0 Å². The van der Waals surface area contributed by atoms with Gasteiger partial charge >= 0.3 is 11.9 Å². The lowest BCUT2D eigenvalue weighted by Gasteiger charge is -2.48. The summed E-state index contributed by atoms with van der Waals surface area (Å²) in [5.74, 6) is 0.172. The SMILES string of the molecule is C#CN=C(N)C(=O)OCC(=O)OC1(C2CCC(C)CC2)C2CC(C)(C)CC3(C2)CC31. The van der Waals surface area contributed by atoms with E-state index in [9.17, 15) is 9.59 Å². The van der Waals surface area contributed by atoms with Crippen molar-refractivity contribution in [2.45, 2.75) is 77.7 Å². The number of nitrogens with zero attached hydrogens (tertiary/aromatic N) is 1. The maximum Gasteiger partial charge on any atom is 0.375 e. The number of terminal acetylenes is 1. The highest BCUT2D eigenvalue weighted by Gasteiger charge is 2.78. The molecule has 1 spiro atoms. The molecule has 4 atom stereocenters. The Balaban J connectivity index is 1.53. The maximum absolute atomic E-state index is 12.9. The number of fused-ring (bicyclic) bond motifs is 1. The highest BCUT2D eigenvalue weighted by Crippen LogP contribution is 2.80. The highest BCUT2D eigenvalue weighted by molar-refractivity contribution is 6.35. The average molecular weight is 415 g/mol. The number of rotatable bonds is 4. The molecule has 4 rings (SSSR count). The van der Waals surface area contributed by atoms with Crippen molar-refractivity contribution < 1.29 is 19.1 Å². The van der Waals surface area contributed by atoms with E-state index < -0.39 is 30.0 Å². The van der Waals surface area contributed by atoms with Crippen LogP contribution in [-0.4, -0.2) is 30.0 Å². The fourth-order valence-electron chi connectivity index (χ4n) is 7.44. The zero-order chi connectivity index (χ0) is 21.7. The zero-order valence-electron chi connectivity index (χ0n) is 18.4. The van der Waals surface area contributed by atoms with E-state index in [1.54, 1.807) is 0 Å². The number of amidine groups is 1. The normalized spacial score (nSPS) is 41.3. The standard InChI is InChI=1S/C24H34N2O4/c1-5-26-20(25)21(28)29-13-19(27)30-24(16-8-6-15(2)7-9-16)17-10-22(3,4)14-23(11-17)12-18(23)24/h1,15-18H,6-14H2,2-4H3,(H2,25,26). The number of nitrogens with two attached hydrogens (primary N) is 1. The molecule has 4 fully saturated rings. The van der Waals surface area contributed by atoms with Crippen molar-refractivity contribution in [2.24, 2.45) is 45.2 Å². The van der Waals surface area contributed by atoms with Crippen LogP contribution in [0.4, 0.5) is 0 Å². The Labute approximate surface area is 179 Å². The molecule has 0 aromatic rings. The third-order valence-corrected chi connectivity index (χ3v) is 8.31. The monoisotopic (exact) mass is 414 g/mol. The molecular weight excluding hydrogens is 380 g/mol. The Morgan fingerprint density at radius 3 is 2.50 bits per heavy atom.